The molecule has 0 saturated carbocycles. The van der Waals surface area contributed by atoms with Gasteiger partial charge in [-0.25, -0.2) is 0 Å². The van der Waals surface area contributed by atoms with Gasteiger partial charge in [-0.1, -0.05) is 87.8 Å². The van der Waals surface area contributed by atoms with Crippen LogP contribution in [-0.2, 0) is 28.0 Å². The molecular formula is C31H36BrClN2O3. The van der Waals surface area contributed by atoms with E-state index in [0.29, 0.717) is 23.7 Å². The zero-order valence-electron chi connectivity index (χ0n) is 22.5. The van der Waals surface area contributed by atoms with Crippen LogP contribution >= 0.6 is 27.5 Å². The molecule has 0 aliphatic heterocycles. The molecule has 0 aromatic heterocycles. The Morgan fingerprint density at radius 2 is 1.68 bits per heavy atom. The maximum atomic E-state index is 13.7. The first-order chi connectivity index (χ1) is 18.1. The lowest BCUT2D eigenvalue weighted by Crippen LogP contribution is -2.51. The van der Waals surface area contributed by atoms with Crippen molar-refractivity contribution in [1.29, 1.82) is 0 Å². The van der Waals surface area contributed by atoms with Crippen LogP contribution in [0.5, 0.6) is 5.75 Å². The van der Waals surface area contributed by atoms with Gasteiger partial charge in [0, 0.05) is 24.5 Å². The normalized spacial score (nSPS) is 12.1. The number of halogens is 2. The molecule has 1 unspecified atom stereocenters. The average Bonchev–Trinajstić information content (AvgIpc) is 2.89. The van der Waals surface area contributed by atoms with Gasteiger partial charge < -0.3 is 15.0 Å². The number of carbonyl (C=O) groups is 2. The number of carbonyl (C=O) groups excluding carboxylic acids is 2. The number of ether oxygens (including phenoxy) is 1. The molecule has 1 atom stereocenters. The maximum absolute atomic E-state index is 13.7. The molecule has 0 fully saturated rings. The molecule has 5 nitrogen and oxygen atoms in total. The van der Waals surface area contributed by atoms with E-state index < -0.39 is 6.04 Å². The second-order valence-corrected chi connectivity index (χ2v) is 11.6. The first kappa shape index (κ1) is 29.7. The van der Waals surface area contributed by atoms with Crippen LogP contribution < -0.4 is 10.1 Å². The highest BCUT2D eigenvalue weighted by atomic mass is 79.9. The van der Waals surface area contributed by atoms with Crippen molar-refractivity contribution in [3.63, 3.8) is 0 Å². The second-order valence-electron chi connectivity index (χ2n) is 10.3. The summed E-state index contributed by atoms with van der Waals surface area (Å²) in [6.07, 6.45) is 1.19. The van der Waals surface area contributed by atoms with Gasteiger partial charge in [0.25, 0.3) is 5.91 Å². The van der Waals surface area contributed by atoms with Crippen molar-refractivity contribution in [3.05, 3.63) is 99.0 Å². The number of rotatable bonds is 11. The summed E-state index contributed by atoms with van der Waals surface area (Å²) in [5.74, 6) is 0.112. The maximum Gasteiger partial charge on any atom is 0.261 e. The Morgan fingerprint density at radius 1 is 1.00 bits per heavy atom. The summed E-state index contributed by atoms with van der Waals surface area (Å²) < 4.78 is 6.76. The minimum atomic E-state index is -0.706. The Kier molecular flexibility index (Phi) is 10.8. The summed E-state index contributed by atoms with van der Waals surface area (Å²) in [4.78, 5) is 28.7. The smallest absolute Gasteiger partial charge is 0.261 e. The standard InChI is InChI=1S/C31H36BrClN2O3/c1-5-17-34-30(37)27(18-22-9-7-6-8-10-22)35(20-23-11-14-25(33)15-12-23)29(36)21-38-28-16-13-24(19-26(28)32)31(2,3)4/h6-16,19,27H,5,17-18,20-21H2,1-4H3,(H,34,37). The summed E-state index contributed by atoms with van der Waals surface area (Å²) >= 11 is 9.68. The van der Waals surface area contributed by atoms with Crippen molar-refractivity contribution >= 4 is 39.3 Å². The molecule has 3 rings (SSSR count). The van der Waals surface area contributed by atoms with Crippen LogP contribution in [0, 0.1) is 0 Å². The molecule has 3 aromatic carbocycles. The van der Waals surface area contributed by atoms with Crippen LogP contribution in [0.3, 0.4) is 0 Å². The van der Waals surface area contributed by atoms with Crippen molar-refractivity contribution < 1.29 is 14.3 Å². The zero-order chi connectivity index (χ0) is 27.7. The minimum absolute atomic E-state index is 0.0112. The first-order valence-electron chi connectivity index (χ1n) is 12.9. The van der Waals surface area contributed by atoms with Crippen LogP contribution in [-0.4, -0.2) is 35.9 Å². The van der Waals surface area contributed by atoms with Gasteiger partial charge in [-0.05, 0) is 68.7 Å². The largest absolute Gasteiger partial charge is 0.483 e. The number of hydrogen-bond donors (Lipinski definition) is 1. The third-order valence-corrected chi connectivity index (χ3v) is 7.11. The molecule has 202 valence electrons. The molecule has 0 radical (unpaired) electrons. The third kappa shape index (κ3) is 8.60. The summed E-state index contributed by atoms with van der Waals surface area (Å²) in [6, 6.07) is 22.2. The van der Waals surface area contributed by atoms with Crippen LogP contribution in [0.2, 0.25) is 5.02 Å². The van der Waals surface area contributed by atoms with Crippen molar-refractivity contribution in [3.8, 4) is 5.75 Å². The monoisotopic (exact) mass is 598 g/mol. The van der Waals surface area contributed by atoms with Crippen LogP contribution in [0.4, 0.5) is 0 Å². The molecule has 0 heterocycles. The number of benzene rings is 3. The van der Waals surface area contributed by atoms with Crippen molar-refractivity contribution in [1.82, 2.24) is 10.2 Å². The molecule has 0 aliphatic carbocycles. The van der Waals surface area contributed by atoms with Crippen LogP contribution in [0.1, 0.15) is 50.8 Å². The quantitative estimate of drug-likeness (QED) is 0.260. The molecule has 0 aliphatic rings. The van der Waals surface area contributed by atoms with Gasteiger partial charge >= 0.3 is 0 Å². The molecule has 1 N–H and O–H groups in total. The fourth-order valence-corrected chi connectivity index (χ4v) is 4.63. The topological polar surface area (TPSA) is 58.6 Å². The first-order valence-corrected chi connectivity index (χ1v) is 14.0. The summed E-state index contributed by atoms with van der Waals surface area (Å²) in [7, 11) is 0. The highest BCUT2D eigenvalue weighted by Crippen LogP contribution is 2.31. The van der Waals surface area contributed by atoms with E-state index >= 15 is 0 Å². The van der Waals surface area contributed by atoms with Gasteiger partial charge in [-0.15, -0.1) is 0 Å². The highest BCUT2D eigenvalue weighted by molar-refractivity contribution is 9.10. The molecule has 2 amide bonds. The lowest BCUT2D eigenvalue weighted by atomic mass is 9.87. The van der Waals surface area contributed by atoms with Gasteiger partial charge in [0.15, 0.2) is 6.61 Å². The van der Waals surface area contributed by atoms with Crippen molar-refractivity contribution in [2.45, 2.75) is 58.5 Å². The molecule has 0 saturated heterocycles. The molecule has 0 spiro atoms. The van der Waals surface area contributed by atoms with E-state index in [1.807, 2.05) is 67.6 Å². The SMILES string of the molecule is CCCNC(=O)C(Cc1ccccc1)N(Cc1ccc(Cl)cc1)C(=O)COc1ccc(C(C)(C)C)cc1Br. The van der Waals surface area contributed by atoms with E-state index in [-0.39, 0.29) is 30.4 Å². The van der Waals surface area contributed by atoms with Crippen LogP contribution in [0.25, 0.3) is 0 Å². The van der Waals surface area contributed by atoms with E-state index in [0.717, 1.165) is 27.6 Å². The average molecular weight is 600 g/mol. The Labute approximate surface area is 239 Å². The van der Waals surface area contributed by atoms with Gasteiger partial charge in [0.1, 0.15) is 11.8 Å². The van der Waals surface area contributed by atoms with Crippen LogP contribution in [0.15, 0.2) is 77.3 Å². The fraction of sp³-hybridized carbons (Fsp3) is 0.355. The predicted molar refractivity (Wildman–Crippen MR) is 158 cm³/mol. The lowest BCUT2D eigenvalue weighted by Gasteiger charge is -2.31. The number of amides is 2. The molecule has 0 bridgehead atoms. The summed E-state index contributed by atoms with van der Waals surface area (Å²) in [6.45, 7) is 9.02. The Morgan fingerprint density at radius 3 is 2.29 bits per heavy atom. The van der Waals surface area contributed by atoms with E-state index in [1.165, 1.54) is 0 Å². The summed E-state index contributed by atoms with van der Waals surface area (Å²) in [5.41, 5.74) is 2.99. The van der Waals surface area contributed by atoms with Gasteiger partial charge in [0.2, 0.25) is 5.91 Å². The third-order valence-electron chi connectivity index (χ3n) is 6.24. The zero-order valence-corrected chi connectivity index (χ0v) is 24.8. The lowest BCUT2D eigenvalue weighted by molar-refractivity contribution is -0.142. The fourth-order valence-electron chi connectivity index (χ4n) is 4.01. The second kappa shape index (κ2) is 13.8. The van der Waals surface area contributed by atoms with E-state index in [2.05, 4.69) is 42.0 Å². The predicted octanol–water partition coefficient (Wildman–Crippen LogP) is 6.95. The number of nitrogens with one attached hydrogen (secondary N) is 1. The molecule has 38 heavy (non-hydrogen) atoms. The van der Waals surface area contributed by atoms with Crippen molar-refractivity contribution in [2.75, 3.05) is 13.2 Å². The van der Waals surface area contributed by atoms with E-state index in [1.54, 1.807) is 17.0 Å². The summed E-state index contributed by atoms with van der Waals surface area (Å²) in [5, 5.41) is 3.60. The number of nitrogens with zero attached hydrogens (tertiary/aromatic N) is 1. The van der Waals surface area contributed by atoms with Gasteiger partial charge in [0.05, 0.1) is 4.47 Å². The van der Waals surface area contributed by atoms with E-state index in [4.69, 9.17) is 16.3 Å². The molecular weight excluding hydrogens is 564 g/mol. The minimum Gasteiger partial charge on any atom is -0.483 e. The van der Waals surface area contributed by atoms with Gasteiger partial charge in [-0.2, -0.15) is 0 Å². The Bertz CT molecular complexity index is 1210. The Hall–Kier alpha value is -2.83. The van der Waals surface area contributed by atoms with Crippen molar-refractivity contribution in [2.24, 2.45) is 0 Å². The highest BCUT2D eigenvalue weighted by Gasteiger charge is 2.30. The van der Waals surface area contributed by atoms with Gasteiger partial charge in [-0.3, -0.25) is 9.59 Å². The Balaban J connectivity index is 1.89. The number of hydrogen-bond acceptors (Lipinski definition) is 3. The molecule has 7 heteroatoms. The van der Waals surface area contributed by atoms with E-state index in [9.17, 15) is 9.59 Å². The molecule has 3 aromatic rings.